The molecule has 22 heavy (non-hydrogen) atoms. The third-order valence-corrected chi connectivity index (χ3v) is 4.17. The molecule has 1 amide bonds. The van der Waals surface area contributed by atoms with Crippen molar-refractivity contribution >= 4 is 15.9 Å². The monoisotopic (exact) mass is 329 g/mol. The Kier molecular flexibility index (Phi) is 6.48. The second-order valence-electron chi connectivity index (χ2n) is 5.59. The Balaban J connectivity index is 2.83. The number of carbonyl (C=O) groups excluding carboxylic acids is 1. The van der Waals surface area contributed by atoms with Crippen molar-refractivity contribution in [3.63, 3.8) is 0 Å². The number of carbonyl (C=O) groups is 1. The Morgan fingerprint density at radius 3 is 2.64 bits per heavy atom. The number of methoxy groups -OCH3 is 1. The van der Waals surface area contributed by atoms with Gasteiger partial charge in [-0.1, -0.05) is 6.07 Å². The van der Waals surface area contributed by atoms with E-state index in [1.807, 2.05) is 0 Å². The van der Waals surface area contributed by atoms with Gasteiger partial charge in [-0.2, -0.15) is 0 Å². The lowest BCUT2D eigenvalue weighted by Crippen LogP contribution is -2.45. The first-order valence-corrected chi connectivity index (χ1v) is 8.30. The van der Waals surface area contributed by atoms with Crippen LogP contribution in [-0.2, 0) is 14.8 Å². The van der Waals surface area contributed by atoms with Gasteiger partial charge in [-0.25, -0.2) is 13.1 Å². The molecule has 0 bridgehead atoms. The van der Waals surface area contributed by atoms with Crippen LogP contribution in [0.5, 0.6) is 0 Å². The molecule has 124 valence electrons. The van der Waals surface area contributed by atoms with Crippen LogP contribution in [0.2, 0.25) is 0 Å². The molecule has 0 atom stereocenters. The molecule has 0 unspecified atom stereocenters. The van der Waals surface area contributed by atoms with Gasteiger partial charge in [0.15, 0.2) is 0 Å². The quantitative estimate of drug-likeness (QED) is 0.585. The third-order valence-electron chi connectivity index (χ3n) is 2.71. The lowest BCUT2D eigenvalue weighted by atomic mass is 10.1. The number of nitrogens with two attached hydrogens (primary N) is 1. The zero-order valence-electron chi connectivity index (χ0n) is 13.0. The predicted octanol–water partition coefficient (Wildman–Crippen LogP) is 0.0784. The van der Waals surface area contributed by atoms with Crippen LogP contribution in [0.3, 0.4) is 0 Å². The van der Waals surface area contributed by atoms with Crippen molar-refractivity contribution in [3.8, 4) is 0 Å². The molecule has 0 aromatic heterocycles. The Labute approximate surface area is 131 Å². The van der Waals surface area contributed by atoms with Gasteiger partial charge in [-0.05, 0) is 32.0 Å². The van der Waals surface area contributed by atoms with E-state index in [2.05, 4.69) is 10.0 Å². The normalized spacial score (nSPS) is 12.2. The molecule has 0 aliphatic rings. The van der Waals surface area contributed by atoms with E-state index in [1.54, 1.807) is 19.9 Å². The highest BCUT2D eigenvalue weighted by Gasteiger charge is 2.17. The first-order chi connectivity index (χ1) is 10.2. The highest BCUT2D eigenvalue weighted by atomic mass is 32.2. The number of hydrogen-bond acceptors (Lipinski definition) is 5. The molecule has 0 radical (unpaired) electrons. The Morgan fingerprint density at radius 1 is 1.36 bits per heavy atom. The minimum absolute atomic E-state index is 0.0308. The van der Waals surface area contributed by atoms with Crippen molar-refractivity contribution in [2.24, 2.45) is 5.73 Å². The largest absolute Gasteiger partial charge is 0.383 e. The lowest BCUT2D eigenvalue weighted by Gasteiger charge is -2.19. The van der Waals surface area contributed by atoms with Crippen molar-refractivity contribution in [3.05, 3.63) is 29.8 Å². The number of benzene rings is 1. The maximum absolute atomic E-state index is 12.1. The van der Waals surface area contributed by atoms with Crippen LogP contribution >= 0.6 is 0 Å². The van der Waals surface area contributed by atoms with Gasteiger partial charge in [-0.3, -0.25) is 4.79 Å². The zero-order chi connectivity index (χ0) is 16.8. The van der Waals surface area contributed by atoms with Crippen molar-refractivity contribution in [1.82, 2.24) is 10.0 Å². The number of rotatable bonds is 8. The van der Waals surface area contributed by atoms with Crippen LogP contribution in [0.4, 0.5) is 0 Å². The Morgan fingerprint density at radius 2 is 2.05 bits per heavy atom. The average Bonchev–Trinajstić information content (AvgIpc) is 2.44. The summed E-state index contributed by atoms with van der Waals surface area (Å²) in [5, 5.41) is 2.67. The second kappa shape index (κ2) is 7.68. The molecule has 1 aromatic carbocycles. The van der Waals surface area contributed by atoms with E-state index in [-0.39, 0.29) is 36.1 Å². The van der Waals surface area contributed by atoms with Crippen LogP contribution in [0, 0.1) is 0 Å². The maximum Gasteiger partial charge on any atom is 0.251 e. The number of hydrogen-bond donors (Lipinski definition) is 3. The first kappa shape index (κ1) is 18.6. The number of ether oxygens (including phenoxy) is 1. The van der Waals surface area contributed by atoms with E-state index in [1.165, 1.54) is 25.3 Å². The third kappa shape index (κ3) is 6.10. The number of nitrogens with one attached hydrogen (secondary N) is 2. The summed E-state index contributed by atoms with van der Waals surface area (Å²) < 4.78 is 31.4. The van der Waals surface area contributed by atoms with E-state index in [0.717, 1.165) is 0 Å². The minimum Gasteiger partial charge on any atom is -0.383 e. The van der Waals surface area contributed by atoms with Crippen LogP contribution in [-0.4, -0.2) is 46.7 Å². The molecule has 8 heteroatoms. The highest BCUT2D eigenvalue weighted by Crippen LogP contribution is 2.11. The molecule has 0 heterocycles. The molecule has 7 nitrogen and oxygen atoms in total. The summed E-state index contributed by atoms with van der Waals surface area (Å²) in [5.41, 5.74) is 5.52. The summed E-state index contributed by atoms with van der Waals surface area (Å²) >= 11 is 0. The standard InChI is InChI=1S/C14H23N3O4S/c1-14(2,15)10-16-13(18)11-5-4-6-12(9-11)22(19,20)17-7-8-21-3/h4-6,9,17H,7-8,10,15H2,1-3H3,(H,16,18). The van der Waals surface area contributed by atoms with Crippen LogP contribution in [0.1, 0.15) is 24.2 Å². The van der Waals surface area contributed by atoms with E-state index < -0.39 is 15.6 Å². The van der Waals surface area contributed by atoms with Gasteiger partial charge in [0, 0.05) is 31.3 Å². The zero-order valence-corrected chi connectivity index (χ0v) is 13.9. The van der Waals surface area contributed by atoms with Crippen molar-refractivity contribution in [2.75, 3.05) is 26.8 Å². The van der Waals surface area contributed by atoms with Crippen LogP contribution in [0.15, 0.2) is 29.2 Å². The second-order valence-corrected chi connectivity index (χ2v) is 7.36. The summed E-state index contributed by atoms with van der Waals surface area (Å²) in [7, 11) is -2.18. The fraction of sp³-hybridized carbons (Fsp3) is 0.500. The van der Waals surface area contributed by atoms with Crippen molar-refractivity contribution in [1.29, 1.82) is 0 Å². The van der Waals surface area contributed by atoms with E-state index in [9.17, 15) is 13.2 Å². The lowest BCUT2D eigenvalue weighted by molar-refractivity contribution is 0.0946. The van der Waals surface area contributed by atoms with Crippen LogP contribution < -0.4 is 15.8 Å². The van der Waals surface area contributed by atoms with E-state index >= 15 is 0 Å². The molecule has 0 aliphatic carbocycles. The molecule has 1 rings (SSSR count). The van der Waals surface area contributed by atoms with Gasteiger partial charge in [0.25, 0.3) is 5.91 Å². The average molecular weight is 329 g/mol. The first-order valence-electron chi connectivity index (χ1n) is 6.81. The smallest absolute Gasteiger partial charge is 0.251 e. The van der Waals surface area contributed by atoms with Gasteiger partial charge < -0.3 is 15.8 Å². The van der Waals surface area contributed by atoms with Gasteiger partial charge >= 0.3 is 0 Å². The number of amides is 1. The van der Waals surface area contributed by atoms with Crippen molar-refractivity contribution < 1.29 is 17.9 Å². The summed E-state index contributed by atoms with van der Waals surface area (Å²) in [4.78, 5) is 12.1. The fourth-order valence-corrected chi connectivity index (χ4v) is 2.63. The molecule has 0 aliphatic heterocycles. The van der Waals surface area contributed by atoms with Gasteiger partial charge in [-0.15, -0.1) is 0 Å². The van der Waals surface area contributed by atoms with Crippen molar-refractivity contribution in [2.45, 2.75) is 24.3 Å². The Hall–Kier alpha value is -1.48. The minimum atomic E-state index is -3.67. The molecular weight excluding hydrogens is 306 g/mol. The molecule has 0 fully saturated rings. The molecule has 1 aromatic rings. The topological polar surface area (TPSA) is 111 Å². The van der Waals surface area contributed by atoms with E-state index in [4.69, 9.17) is 10.5 Å². The van der Waals surface area contributed by atoms with Crippen LogP contribution in [0.25, 0.3) is 0 Å². The number of sulfonamides is 1. The molecule has 0 spiro atoms. The van der Waals surface area contributed by atoms with Gasteiger partial charge in [0.05, 0.1) is 11.5 Å². The summed E-state index contributed by atoms with van der Waals surface area (Å²) in [5.74, 6) is -0.368. The van der Waals surface area contributed by atoms with E-state index in [0.29, 0.717) is 0 Å². The Bertz CT molecular complexity index is 609. The molecular formula is C14H23N3O4S. The SMILES string of the molecule is COCCNS(=O)(=O)c1cccc(C(=O)NCC(C)(C)N)c1. The molecule has 0 saturated heterocycles. The highest BCUT2D eigenvalue weighted by molar-refractivity contribution is 7.89. The molecule has 4 N–H and O–H groups in total. The molecule has 0 saturated carbocycles. The fourth-order valence-electron chi connectivity index (χ4n) is 1.58. The maximum atomic E-state index is 12.1. The van der Waals surface area contributed by atoms with Gasteiger partial charge in [0.2, 0.25) is 10.0 Å². The summed E-state index contributed by atoms with van der Waals surface area (Å²) in [6, 6.07) is 5.83. The summed E-state index contributed by atoms with van der Waals surface area (Å²) in [6.45, 7) is 4.29. The van der Waals surface area contributed by atoms with Gasteiger partial charge in [0.1, 0.15) is 0 Å². The summed E-state index contributed by atoms with van der Waals surface area (Å²) in [6.07, 6.45) is 0. The predicted molar refractivity (Wildman–Crippen MR) is 84.1 cm³/mol.